The van der Waals surface area contributed by atoms with Gasteiger partial charge in [-0.2, -0.15) is 0 Å². The van der Waals surface area contributed by atoms with Gasteiger partial charge in [-0.05, 0) is 55.8 Å². The normalized spacial score (nSPS) is 12.7. The van der Waals surface area contributed by atoms with Crippen LogP contribution in [-0.2, 0) is 20.9 Å². The molecule has 2 rings (SSSR count). The molecule has 1 N–H and O–H groups in total. The summed E-state index contributed by atoms with van der Waals surface area (Å²) < 4.78 is 10.4. The van der Waals surface area contributed by atoms with Gasteiger partial charge in [-0.1, -0.05) is 23.7 Å². The first-order chi connectivity index (χ1) is 12.9. The van der Waals surface area contributed by atoms with Gasteiger partial charge in [0.15, 0.2) is 6.10 Å². The third-order valence-corrected chi connectivity index (χ3v) is 5.09. The van der Waals surface area contributed by atoms with Crippen molar-refractivity contribution in [2.75, 3.05) is 7.11 Å². The summed E-state index contributed by atoms with van der Waals surface area (Å²) in [6, 6.07) is 14.6. The van der Waals surface area contributed by atoms with Crippen LogP contribution in [0.2, 0.25) is 5.02 Å². The smallest absolute Gasteiger partial charge is 0.319 e. The van der Waals surface area contributed by atoms with Gasteiger partial charge in [-0.15, -0.1) is 11.8 Å². The molecule has 2 aromatic carbocycles. The van der Waals surface area contributed by atoms with E-state index in [0.717, 1.165) is 16.2 Å². The molecule has 0 aliphatic carbocycles. The van der Waals surface area contributed by atoms with Crippen LogP contribution in [0.4, 0.5) is 0 Å². The third kappa shape index (κ3) is 6.81. The fourth-order valence-corrected chi connectivity index (χ4v) is 3.14. The molecule has 0 bridgehead atoms. The number of rotatable bonds is 8. The van der Waals surface area contributed by atoms with Crippen LogP contribution >= 0.6 is 23.4 Å². The maximum atomic E-state index is 12.2. The SMILES string of the molecule is COc1ccc(CNC(=O)[C@H](C)OC(=O)[C@H](C)Sc2ccc(Cl)cc2)cc1. The van der Waals surface area contributed by atoms with Crippen LogP contribution in [0.15, 0.2) is 53.4 Å². The number of hydrogen-bond acceptors (Lipinski definition) is 5. The molecule has 0 radical (unpaired) electrons. The molecule has 0 fully saturated rings. The molecule has 0 heterocycles. The maximum Gasteiger partial charge on any atom is 0.319 e. The Morgan fingerprint density at radius 2 is 1.70 bits per heavy atom. The van der Waals surface area contributed by atoms with E-state index in [2.05, 4.69) is 5.32 Å². The van der Waals surface area contributed by atoms with E-state index in [1.54, 1.807) is 33.1 Å². The number of carbonyl (C=O) groups excluding carboxylic acids is 2. The van der Waals surface area contributed by atoms with Gasteiger partial charge in [0.25, 0.3) is 5.91 Å². The third-order valence-electron chi connectivity index (χ3n) is 3.75. The van der Waals surface area contributed by atoms with Crippen LogP contribution in [-0.4, -0.2) is 30.3 Å². The molecule has 0 aliphatic rings. The van der Waals surface area contributed by atoms with Crippen molar-refractivity contribution in [1.82, 2.24) is 5.32 Å². The summed E-state index contributed by atoms with van der Waals surface area (Å²) in [6.45, 7) is 3.64. The Labute approximate surface area is 168 Å². The van der Waals surface area contributed by atoms with Crippen molar-refractivity contribution in [3.8, 4) is 5.75 Å². The van der Waals surface area contributed by atoms with Crippen LogP contribution in [0.25, 0.3) is 0 Å². The van der Waals surface area contributed by atoms with Crippen molar-refractivity contribution >= 4 is 35.2 Å². The average molecular weight is 408 g/mol. The summed E-state index contributed by atoms with van der Waals surface area (Å²) in [5.74, 6) is -0.0375. The molecular weight excluding hydrogens is 386 g/mol. The lowest BCUT2D eigenvalue weighted by molar-refractivity contribution is -0.154. The molecule has 0 saturated carbocycles. The van der Waals surface area contributed by atoms with Gasteiger partial charge < -0.3 is 14.8 Å². The standard InChI is InChI=1S/C20H22ClNO4S/c1-13(19(23)22-12-15-4-8-17(25-3)9-5-15)26-20(24)14(2)27-18-10-6-16(21)7-11-18/h4-11,13-14H,12H2,1-3H3,(H,22,23)/t13-,14-/m0/s1. The van der Waals surface area contributed by atoms with E-state index in [4.69, 9.17) is 21.1 Å². The summed E-state index contributed by atoms with van der Waals surface area (Å²) >= 11 is 7.20. The molecule has 0 aliphatic heterocycles. The average Bonchev–Trinajstić information content (AvgIpc) is 2.68. The minimum atomic E-state index is -0.871. The molecular formula is C20H22ClNO4S. The Morgan fingerprint density at radius 1 is 1.07 bits per heavy atom. The zero-order valence-electron chi connectivity index (χ0n) is 15.4. The molecule has 144 valence electrons. The van der Waals surface area contributed by atoms with Crippen molar-refractivity contribution in [3.05, 3.63) is 59.1 Å². The lowest BCUT2D eigenvalue weighted by Gasteiger charge is -2.16. The monoisotopic (exact) mass is 407 g/mol. The van der Waals surface area contributed by atoms with Gasteiger partial charge in [0, 0.05) is 16.5 Å². The van der Waals surface area contributed by atoms with Crippen LogP contribution in [0, 0.1) is 0 Å². The number of methoxy groups -OCH3 is 1. The van der Waals surface area contributed by atoms with E-state index < -0.39 is 17.3 Å². The predicted molar refractivity (Wildman–Crippen MR) is 107 cm³/mol. The summed E-state index contributed by atoms with van der Waals surface area (Å²) in [5, 5.41) is 2.95. The number of carbonyl (C=O) groups is 2. The van der Waals surface area contributed by atoms with Gasteiger partial charge >= 0.3 is 5.97 Å². The summed E-state index contributed by atoms with van der Waals surface area (Å²) in [6.07, 6.45) is -0.871. The summed E-state index contributed by atoms with van der Waals surface area (Å²) in [7, 11) is 1.60. The number of benzene rings is 2. The highest BCUT2D eigenvalue weighted by Crippen LogP contribution is 2.25. The molecule has 1 amide bonds. The second kappa shape index (κ2) is 10.2. The minimum Gasteiger partial charge on any atom is -0.497 e. The van der Waals surface area contributed by atoms with Crippen LogP contribution in [0.1, 0.15) is 19.4 Å². The zero-order valence-corrected chi connectivity index (χ0v) is 17.0. The molecule has 0 unspecified atom stereocenters. The van der Waals surface area contributed by atoms with E-state index >= 15 is 0 Å². The first-order valence-corrected chi connectivity index (χ1v) is 9.68. The Hall–Kier alpha value is -2.18. The number of ether oxygens (including phenoxy) is 2. The second-order valence-electron chi connectivity index (χ2n) is 5.86. The number of hydrogen-bond donors (Lipinski definition) is 1. The number of amides is 1. The first-order valence-electron chi connectivity index (χ1n) is 8.42. The van der Waals surface area contributed by atoms with E-state index in [1.165, 1.54) is 11.8 Å². The highest BCUT2D eigenvalue weighted by atomic mass is 35.5. The number of nitrogens with one attached hydrogen (secondary N) is 1. The molecule has 2 aromatic rings. The molecule has 0 saturated heterocycles. The second-order valence-corrected chi connectivity index (χ2v) is 7.71. The first kappa shape index (κ1) is 21.1. The fraction of sp³-hybridized carbons (Fsp3) is 0.300. The van der Waals surface area contributed by atoms with E-state index in [9.17, 15) is 9.59 Å². The lowest BCUT2D eigenvalue weighted by Crippen LogP contribution is -2.36. The molecule has 2 atom stereocenters. The Bertz CT molecular complexity index is 765. The van der Waals surface area contributed by atoms with Gasteiger partial charge in [-0.3, -0.25) is 9.59 Å². The lowest BCUT2D eigenvalue weighted by atomic mass is 10.2. The Kier molecular flexibility index (Phi) is 8.00. The van der Waals surface area contributed by atoms with Crippen LogP contribution in [0.5, 0.6) is 5.75 Å². The quantitative estimate of drug-likeness (QED) is 0.527. The van der Waals surface area contributed by atoms with Crippen LogP contribution in [0.3, 0.4) is 0 Å². The highest BCUT2D eigenvalue weighted by Gasteiger charge is 2.22. The molecule has 0 aromatic heterocycles. The zero-order chi connectivity index (χ0) is 19.8. The number of esters is 1. The summed E-state index contributed by atoms with van der Waals surface area (Å²) in [4.78, 5) is 25.3. The van der Waals surface area contributed by atoms with Crippen LogP contribution < -0.4 is 10.1 Å². The molecule has 27 heavy (non-hydrogen) atoms. The highest BCUT2D eigenvalue weighted by molar-refractivity contribution is 8.00. The van der Waals surface area contributed by atoms with Gasteiger partial charge in [-0.25, -0.2) is 0 Å². The predicted octanol–water partition coefficient (Wildman–Crippen LogP) is 4.08. The minimum absolute atomic E-state index is 0.345. The van der Waals surface area contributed by atoms with Crippen molar-refractivity contribution < 1.29 is 19.1 Å². The van der Waals surface area contributed by atoms with Crippen molar-refractivity contribution in [2.24, 2.45) is 0 Å². The van der Waals surface area contributed by atoms with Gasteiger partial charge in [0.05, 0.1) is 7.11 Å². The fourth-order valence-electron chi connectivity index (χ4n) is 2.17. The number of thioether (sulfide) groups is 1. The van der Waals surface area contributed by atoms with E-state index in [-0.39, 0.29) is 5.91 Å². The summed E-state index contributed by atoms with van der Waals surface area (Å²) in [5.41, 5.74) is 0.925. The number of halogens is 1. The molecule has 0 spiro atoms. The maximum absolute atomic E-state index is 12.2. The van der Waals surface area contributed by atoms with Crippen molar-refractivity contribution in [1.29, 1.82) is 0 Å². The Morgan fingerprint density at radius 3 is 2.30 bits per heavy atom. The molecule has 7 heteroatoms. The Balaban J connectivity index is 1.79. The van der Waals surface area contributed by atoms with E-state index in [0.29, 0.717) is 11.6 Å². The van der Waals surface area contributed by atoms with Gasteiger partial charge in [0.2, 0.25) is 0 Å². The largest absolute Gasteiger partial charge is 0.497 e. The van der Waals surface area contributed by atoms with Crippen molar-refractivity contribution in [2.45, 2.75) is 36.6 Å². The van der Waals surface area contributed by atoms with E-state index in [1.807, 2.05) is 36.4 Å². The van der Waals surface area contributed by atoms with Gasteiger partial charge in [0.1, 0.15) is 11.0 Å². The van der Waals surface area contributed by atoms with Crippen molar-refractivity contribution in [3.63, 3.8) is 0 Å². The topological polar surface area (TPSA) is 64.6 Å². The molecule has 5 nitrogen and oxygen atoms in total.